The lowest BCUT2D eigenvalue weighted by atomic mass is 10.2. The molecule has 31 heavy (non-hydrogen) atoms. The molecule has 10 heteroatoms. The molecule has 4 rings (SSSR count). The molecule has 2 aromatic heterocycles. The van der Waals surface area contributed by atoms with Gasteiger partial charge in [-0.05, 0) is 17.7 Å². The third kappa shape index (κ3) is 3.87. The summed E-state index contributed by atoms with van der Waals surface area (Å²) in [5, 5.41) is 5.11. The number of aryl methyl sites for hydroxylation is 1. The number of anilines is 1. The summed E-state index contributed by atoms with van der Waals surface area (Å²) in [5.41, 5.74) is 4.02. The predicted molar refractivity (Wildman–Crippen MR) is 123 cm³/mol. The first-order chi connectivity index (χ1) is 14.9. The molecule has 0 radical (unpaired) electrons. The van der Waals surface area contributed by atoms with E-state index in [0.717, 1.165) is 10.1 Å². The monoisotopic (exact) mass is 456 g/mol. The average molecular weight is 457 g/mol. The quantitative estimate of drug-likeness (QED) is 0.368. The molecule has 0 unspecified atom stereocenters. The van der Waals surface area contributed by atoms with Crippen molar-refractivity contribution < 1.29 is 0 Å². The van der Waals surface area contributed by atoms with Gasteiger partial charge < -0.3 is 0 Å². The Morgan fingerprint density at radius 1 is 1.00 bits per heavy atom. The molecule has 0 fully saturated rings. The Morgan fingerprint density at radius 2 is 1.68 bits per heavy atom. The maximum Gasteiger partial charge on any atom is 0.332 e. The number of nitrogens with zero attached hydrogens (tertiary/aromatic N) is 5. The van der Waals surface area contributed by atoms with Gasteiger partial charge >= 0.3 is 5.69 Å². The second kappa shape index (κ2) is 8.41. The second-order valence-corrected chi connectivity index (χ2v) is 7.70. The van der Waals surface area contributed by atoms with Crippen LogP contribution in [0, 0.1) is 0 Å². The summed E-state index contributed by atoms with van der Waals surface area (Å²) >= 11 is 12.4. The summed E-state index contributed by atoms with van der Waals surface area (Å²) in [4.78, 5) is 29.7. The van der Waals surface area contributed by atoms with Crippen LogP contribution in [-0.4, -0.2) is 24.9 Å². The smallest absolute Gasteiger partial charge is 0.298 e. The molecule has 1 N–H and O–H groups in total. The van der Waals surface area contributed by atoms with Gasteiger partial charge in [0.25, 0.3) is 5.56 Å². The van der Waals surface area contributed by atoms with Crippen LogP contribution < -0.4 is 16.7 Å². The Balaban J connectivity index is 1.84. The van der Waals surface area contributed by atoms with E-state index in [-0.39, 0.29) is 5.65 Å². The fourth-order valence-corrected chi connectivity index (χ4v) is 3.74. The van der Waals surface area contributed by atoms with Crippen molar-refractivity contribution >= 4 is 46.5 Å². The lowest BCUT2D eigenvalue weighted by molar-refractivity contribution is 0.702. The van der Waals surface area contributed by atoms with Gasteiger partial charge in [0.2, 0.25) is 5.95 Å². The van der Waals surface area contributed by atoms with Crippen LogP contribution in [0.5, 0.6) is 0 Å². The molecule has 4 aromatic rings. The Morgan fingerprint density at radius 3 is 2.35 bits per heavy atom. The van der Waals surface area contributed by atoms with Crippen molar-refractivity contribution in [2.24, 2.45) is 19.2 Å². The van der Waals surface area contributed by atoms with Gasteiger partial charge in [-0.3, -0.25) is 18.5 Å². The van der Waals surface area contributed by atoms with Crippen molar-refractivity contribution in [2.75, 3.05) is 5.43 Å². The maximum absolute atomic E-state index is 12.9. The van der Waals surface area contributed by atoms with Crippen LogP contribution in [0.2, 0.25) is 10.0 Å². The summed E-state index contributed by atoms with van der Waals surface area (Å²) in [6.07, 6.45) is 1.48. The molecule has 0 amide bonds. The van der Waals surface area contributed by atoms with Gasteiger partial charge in [-0.2, -0.15) is 10.1 Å². The zero-order valence-electron chi connectivity index (χ0n) is 16.7. The number of aromatic nitrogens is 4. The maximum atomic E-state index is 12.9. The Bertz CT molecular complexity index is 1400. The molecule has 0 aliphatic carbocycles. The summed E-state index contributed by atoms with van der Waals surface area (Å²) in [5.74, 6) is 0.302. The van der Waals surface area contributed by atoms with E-state index in [9.17, 15) is 9.59 Å². The van der Waals surface area contributed by atoms with Crippen LogP contribution in [0.15, 0.2) is 63.2 Å². The fourth-order valence-electron chi connectivity index (χ4n) is 3.24. The molecule has 0 saturated heterocycles. The normalized spacial score (nSPS) is 11.5. The van der Waals surface area contributed by atoms with Crippen LogP contribution in [0.25, 0.3) is 11.2 Å². The molecule has 0 atom stereocenters. The first-order valence-corrected chi connectivity index (χ1v) is 10.1. The molecule has 8 nitrogen and oxygen atoms in total. The Kier molecular flexibility index (Phi) is 5.67. The van der Waals surface area contributed by atoms with E-state index in [1.54, 1.807) is 29.8 Å². The van der Waals surface area contributed by atoms with E-state index in [4.69, 9.17) is 23.2 Å². The second-order valence-electron chi connectivity index (χ2n) is 6.89. The van der Waals surface area contributed by atoms with Crippen molar-refractivity contribution in [3.63, 3.8) is 0 Å². The summed E-state index contributed by atoms with van der Waals surface area (Å²) in [6, 6.07) is 14.8. The van der Waals surface area contributed by atoms with E-state index < -0.39 is 11.2 Å². The molecule has 0 aliphatic rings. The van der Waals surface area contributed by atoms with Gasteiger partial charge in [0.15, 0.2) is 11.2 Å². The molecular formula is C21H18Cl2N6O2. The van der Waals surface area contributed by atoms with Gasteiger partial charge in [-0.1, -0.05) is 59.6 Å². The van der Waals surface area contributed by atoms with Crippen LogP contribution in [0.4, 0.5) is 5.95 Å². The largest absolute Gasteiger partial charge is 0.332 e. The molecule has 2 heterocycles. The van der Waals surface area contributed by atoms with Crippen molar-refractivity contribution in [3.05, 3.63) is 90.5 Å². The van der Waals surface area contributed by atoms with E-state index in [0.29, 0.717) is 33.6 Å². The number of imidazole rings is 1. The number of hydrogen-bond donors (Lipinski definition) is 1. The number of fused-ring (bicyclic) bond motifs is 1. The number of hydrazone groups is 1. The van der Waals surface area contributed by atoms with E-state index >= 15 is 0 Å². The molecule has 0 spiro atoms. The molecular weight excluding hydrogens is 439 g/mol. The topological polar surface area (TPSA) is 86.2 Å². The lowest BCUT2D eigenvalue weighted by Gasteiger charge is -2.09. The lowest BCUT2D eigenvalue weighted by Crippen LogP contribution is -2.37. The zero-order valence-corrected chi connectivity index (χ0v) is 18.2. The zero-order chi connectivity index (χ0) is 22.1. The van der Waals surface area contributed by atoms with Crippen LogP contribution >= 0.6 is 23.2 Å². The third-order valence-corrected chi connectivity index (χ3v) is 5.55. The number of nitrogens with one attached hydrogen (secondary N) is 1. The fraction of sp³-hybridized carbons (Fsp3) is 0.143. The van der Waals surface area contributed by atoms with Gasteiger partial charge in [-0.25, -0.2) is 10.2 Å². The number of hydrogen-bond acceptors (Lipinski definition) is 5. The van der Waals surface area contributed by atoms with Crippen molar-refractivity contribution in [1.82, 2.24) is 18.7 Å². The summed E-state index contributed by atoms with van der Waals surface area (Å²) < 4.78 is 4.08. The number of halogens is 2. The summed E-state index contributed by atoms with van der Waals surface area (Å²) in [7, 11) is 3.01. The van der Waals surface area contributed by atoms with E-state index in [2.05, 4.69) is 15.5 Å². The van der Waals surface area contributed by atoms with Crippen molar-refractivity contribution in [1.29, 1.82) is 0 Å². The minimum absolute atomic E-state index is 0.262. The van der Waals surface area contributed by atoms with Crippen LogP contribution in [0.1, 0.15) is 11.1 Å². The average Bonchev–Trinajstić information content (AvgIpc) is 3.12. The molecule has 2 aromatic carbocycles. The van der Waals surface area contributed by atoms with Crippen molar-refractivity contribution in [3.8, 4) is 0 Å². The van der Waals surface area contributed by atoms with Crippen molar-refractivity contribution in [2.45, 2.75) is 6.54 Å². The summed E-state index contributed by atoms with van der Waals surface area (Å²) in [6.45, 7) is 0.357. The highest BCUT2D eigenvalue weighted by Crippen LogP contribution is 2.23. The van der Waals surface area contributed by atoms with Gasteiger partial charge in [-0.15, -0.1) is 0 Å². The third-order valence-electron chi connectivity index (χ3n) is 4.89. The minimum atomic E-state index is -0.459. The van der Waals surface area contributed by atoms with Crippen LogP contribution in [0.3, 0.4) is 0 Å². The minimum Gasteiger partial charge on any atom is -0.298 e. The standard InChI is InChI=1S/C21H18Cl2N6O2/c1-27-18-17(19(30)28(2)21(27)31)29(12-13-7-4-3-5-8-13)20(25-18)26-24-11-14-15(22)9-6-10-16(14)23/h3-11H,12H2,1-2H3,(H,25,26). The highest BCUT2D eigenvalue weighted by atomic mass is 35.5. The van der Waals surface area contributed by atoms with E-state index in [1.807, 2.05) is 30.3 Å². The van der Waals surface area contributed by atoms with Crippen LogP contribution in [-0.2, 0) is 20.6 Å². The number of benzene rings is 2. The van der Waals surface area contributed by atoms with Gasteiger partial charge in [0.05, 0.1) is 22.8 Å². The predicted octanol–water partition coefficient (Wildman–Crippen LogP) is 3.23. The van der Waals surface area contributed by atoms with Gasteiger partial charge in [0.1, 0.15) is 0 Å². The Labute approximate surface area is 187 Å². The molecule has 0 saturated carbocycles. The first-order valence-electron chi connectivity index (χ1n) is 9.31. The molecule has 0 aliphatic heterocycles. The van der Waals surface area contributed by atoms with E-state index in [1.165, 1.54) is 17.8 Å². The number of rotatable bonds is 5. The molecule has 0 bridgehead atoms. The Hall–Kier alpha value is -3.36. The SMILES string of the molecule is Cn1c(=O)c2c(nc(NN=Cc3c(Cl)cccc3Cl)n2Cc2ccccc2)n(C)c1=O. The highest BCUT2D eigenvalue weighted by Gasteiger charge is 2.19. The highest BCUT2D eigenvalue weighted by molar-refractivity contribution is 6.38. The van der Waals surface area contributed by atoms with Gasteiger partial charge in [0, 0.05) is 19.7 Å². The first kappa shape index (κ1) is 20.9. The molecule has 158 valence electrons.